The van der Waals surface area contributed by atoms with Crippen LogP contribution in [-0.4, -0.2) is 57.4 Å². The second-order valence-electron chi connectivity index (χ2n) is 6.49. The van der Waals surface area contributed by atoms with Crippen LogP contribution in [0.2, 0.25) is 4.34 Å². The molecule has 0 radical (unpaired) electrons. The number of rotatable bonds is 6. The molecule has 0 bridgehead atoms. The summed E-state index contributed by atoms with van der Waals surface area (Å²) in [6.45, 7) is 8.60. The van der Waals surface area contributed by atoms with Gasteiger partial charge in [0.05, 0.1) is 30.5 Å². The minimum Gasteiger partial charge on any atom is -0.348 e. The molecule has 1 atom stereocenters. The van der Waals surface area contributed by atoms with Gasteiger partial charge in [-0.1, -0.05) is 25.4 Å². The van der Waals surface area contributed by atoms with Gasteiger partial charge in [0.2, 0.25) is 0 Å². The number of amides is 1. The summed E-state index contributed by atoms with van der Waals surface area (Å²) >= 11 is 6.91. The molecule has 1 aromatic rings. The van der Waals surface area contributed by atoms with Gasteiger partial charge < -0.3 is 10.2 Å². The Balaban J connectivity index is 1.86. The lowest BCUT2D eigenvalue weighted by atomic mass is 10.1. The fourth-order valence-corrected chi connectivity index (χ4v) is 5.56. The summed E-state index contributed by atoms with van der Waals surface area (Å²) < 4.78 is 27.3. The third kappa shape index (κ3) is 4.92. The fourth-order valence-electron chi connectivity index (χ4n) is 2.48. The lowest BCUT2D eigenvalue weighted by Gasteiger charge is -2.31. The Hall–Kier alpha value is -0.670. The van der Waals surface area contributed by atoms with Crippen molar-refractivity contribution in [2.45, 2.75) is 31.0 Å². The number of sulfonamides is 1. The van der Waals surface area contributed by atoms with Crippen molar-refractivity contribution in [3.8, 4) is 0 Å². The molecule has 2 heterocycles. The van der Waals surface area contributed by atoms with Crippen molar-refractivity contribution in [3.63, 3.8) is 0 Å². The van der Waals surface area contributed by atoms with Gasteiger partial charge in [-0.2, -0.15) is 4.31 Å². The molecule has 24 heavy (non-hydrogen) atoms. The van der Waals surface area contributed by atoms with E-state index in [1.165, 1.54) is 4.31 Å². The summed E-state index contributed by atoms with van der Waals surface area (Å²) in [7, 11) is -3.47. The van der Waals surface area contributed by atoms with E-state index in [-0.39, 0.29) is 16.2 Å². The molecule has 1 amide bonds. The number of thiophene rings is 1. The normalized spacial score (nSPS) is 18.7. The largest absolute Gasteiger partial charge is 0.348 e. The lowest BCUT2D eigenvalue weighted by Crippen LogP contribution is -3.15. The third-order valence-corrected chi connectivity index (χ3v) is 7.97. The summed E-state index contributed by atoms with van der Waals surface area (Å²) in [5, 5.41) is 2.99. The number of hydrogen-bond donors (Lipinski definition) is 2. The zero-order valence-electron chi connectivity index (χ0n) is 14.2. The van der Waals surface area contributed by atoms with E-state index in [4.69, 9.17) is 11.6 Å². The Morgan fingerprint density at radius 1 is 1.33 bits per heavy atom. The molecular formula is C15H25ClN3O3S2+. The van der Waals surface area contributed by atoms with Crippen LogP contribution in [0.25, 0.3) is 0 Å². The maximum atomic E-state index is 12.5. The van der Waals surface area contributed by atoms with Crippen LogP contribution >= 0.6 is 22.9 Å². The van der Waals surface area contributed by atoms with Crippen LogP contribution in [0, 0.1) is 5.92 Å². The van der Waals surface area contributed by atoms with Gasteiger partial charge in [-0.3, -0.25) is 4.79 Å². The first kappa shape index (κ1) is 19.7. The van der Waals surface area contributed by atoms with Gasteiger partial charge in [-0.15, -0.1) is 11.3 Å². The highest BCUT2D eigenvalue weighted by molar-refractivity contribution is 7.91. The molecule has 1 fully saturated rings. The van der Waals surface area contributed by atoms with Gasteiger partial charge >= 0.3 is 0 Å². The van der Waals surface area contributed by atoms with Crippen molar-refractivity contribution in [3.05, 3.63) is 16.5 Å². The van der Waals surface area contributed by atoms with Gasteiger partial charge in [0.25, 0.3) is 15.9 Å². The van der Waals surface area contributed by atoms with Crippen LogP contribution in [0.15, 0.2) is 16.3 Å². The zero-order chi connectivity index (χ0) is 17.9. The predicted octanol–water partition coefficient (Wildman–Crippen LogP) is 0.451. The Morgan fingerprint density at radius 2 is 1.96 bits per heavy atom. The summed E-state index contributed by atoms with van der Waals surface area (Å²) in [4.78, 5) is 13.2. The third-order valence-electron chi connectivity index (χ3n) is 4.37. The lowest BCUT2D eigenvalue weighted by molar-refractivity contribution is -0.895. The highest BCUT2D eigenvalue weighted by Gasteiger charge is 2.32. The summed E-state index contributed by atoms with van der Waals surface area (Å²) in [5.74, 6) is 0.413. The number of carbonyl (C=O) groups is 1. The Bertz CT molecular complexity index is 667. The highest BCUT2D eigenvalue weighted by atomic mass is 35.5. The standard InChI is InChI=1S/C15H24ClN3O3S2/c1-11(2)12(3)17-14(20)10-18-6-8-19(9-7-18)24(21,22)15-5-4-13(16)23-15/h4-5,11-12H,6-10H2,1-3H3,(H,17,20)/p+1/t12-/m1/s1. The summed E-state index contributed by atoms with van der Waals surface area (Å²) in [5.41, 5.74) is 0. The second-order valence-corrected chi connectivity index (χ2v) is 10.4. The first-order valence-corrected chi connectivity index (χ1v) is 10.7. The Kier molecular flexibility index (Phi) is 6.66. The van der Waals surface area contributed by atoms with Crippen LogP contribution in [0.4, 0.5) is 0 Å². The van der Waals surface area contributed by atoms with E-state index in [1.807, 2.05) is 6.92 Å². The fraction of sp³-hybridized carbons (Fsp3) is 0.667. The van der Waals surface area contributed by atoms with Crippen LogP contribution < -0.4 is 10.2 Å². The van der Waals surface area contributed by atoms with E-state index in [0.717, 1.165) is 16.2 Å². The maximum Gasteiger partial charge on any atom is 0.275 e. The van der Waals surface area contributed by atoms with Crippen LogP contribution in [-0.2, 0) is 14.8 Å². The molecule has 2 N–H and O–H groups in total. The molecule has 0 unspecified atom stereocenters. The van der Waals surface area contributed by atoms with Crippen molar-refractivity contribution in [2.75, 3.05) is 32.7 Å². The number of carbonyl (C=O) groups excluding carboxylic acids is 1. The van der Waals surface area contributed by atoms with Crippen LogP contribution in [0.5, 0.6) is 0 Å². The summed E-state index contributed by atoms with van der Waals surface area (Å²) in [6.07, 6.45) is 0. The van der Waals surface area contributed by atoms with E-state index < -0.39 is 10.0 Å². The number of nitrogens with one attached hydrogen (secondary N) is 2. The smallest absolute Gasteiger partial charge is 0.275 e. The summed E-state index contributed by atoms with van der Waals surface area (Å²) in [6, 6.07) is 3.28. The molecule has 2 rings (SSSR count). The molecule has 0 spiro atoms. The first-order valence-electron chi connectivity index (χ1n) is 8.08. The zero-order valence-corrected chi connectivity index (χ0v) is 16.6. The van der Waals surface area contributed by atoms with Gasteiger partial charge in [0.1, 0.15) is 4.21 Å². The van der Waals surface area contributed by atoms with E-state index in [0.29, 0.717) is 43.0 Å². The molecule has 1 aliphatic heterocycles. The Labute approximate surface area is 152 Å². The number of quaternary nitrogens is 1. The average Bonchev–Trinajstić information content (AvgIpc) is 2.95. The van der Waals surface area contributed by atoms with E-state index in [2.05, 4.69) is 19.2 Å². The van der Waals surface area contributed by atoms with Gasteiger partial charge in [0.15, 0.2) is 6.54 Å². The monoisotopic (exact) mass is 394 g/mol. The Morgan fingerprint density at radius 3 is 2.46 bits per heavy atom. The quantitative estimate of drug-likeness (QED) is 0.736. The predicted molar refractivity (Wildman–Crippen MR) is 96.1 cm³/mol. The molecular weight excluding hydrogens is 370 g/mol. The van der Waals surface area contributed by atoms with E-state index in [1.54, 1.807) is 12.1 Å². The molecule has 6 nitrogen and oxygen atoms in total. The van der Waals surface area contributed by atoms with Gasteiger partial charge in [-0.25, -0.2) is 8.42 Å². The molecule has 0 aliphatic carbocycles. The van der Waals surface area contributed by atoms with Gasteiger partial charge in [0, 0.05) is 6.04 Å². The molecule has 1 aromatic heterocycles. The molecule has 0 saturated carbocycles. The minimum atomic E-state index is -3.47. The minimum absolute atomic E-state index is 0.0209. The number of hydrogen-bond acceptors (Lipinski definition) is 4. The average molecular weight is 395 g/mol. The molecule has 9 heteroatoms. The first-order chi connectivity index (χ1) is 11.2. The van der Waals surface area contributed by atoms with Gasteiger partial charge in [-0.05, 0) is 25.0 Å². The highest BCUT2D eigenvalue weighted by Crippen LogP contribution is 2.27. The number of piperazine rings is 1. The molecule has 1 aliphatic rings. The number of nitrogens with zero attached hydrogens (tertiary/aromatic N) is 1. The van der Waals surface area contributed by atoms with Crippen molar-refractivity contribution in [2.24, 2.45) is 5.92 Å². The van der Waals surface area contributed by atoms with E-state index in [9.17, 15) is 13.2 Å². The van der Waals surface area contributed by atoms with Crippen molar-refractivity contribution in [1.82, 2.24) is 9.62 Å². The molecule has 1 saturated heterocycles. The van der Waals surface area contributed by atoms with Crippen LogP contribution in [0.3, 0.4) is 0 Å². The van der Waals surface area contributed by atoms with E-state index >= 15 is 0 Å². The van der Waals surface area contributed by atoms with Crippen LogP contribution in [0.1, 0.15) is 20.8 Å². The van der Waals surface area contributed by atoms with Crippen molar-refractivity contribution >= 4 is 38.9 Å². The maximum absolute atomic E-state index is 12.5. The molecule has 136 valence electrons. The molecule has 0 aromatic carbocycles. The number of halogens is 1. The van der Waals surface area contributed by atoms with Crippen molar-refractivity contribution in [1.29, 1.82) is 0 Å². The topological polar surface area (TPSA) is 70.9 Å². The second kappa shape index (κ2) is 8.14. The van der Waals surface area contributed by atoms with Crippen molar-refractivity contribution < 1.29 is 18.1 Å². The SMILES string of the molecule is CC(C)[C@@H](C)NC(=O)C[NH+]1CCN(S(=O)(=O)c2ccc(Cl)s2)CC1.